The molecule has 1 aromatic rings. The summed E-state index contributed by atoms with van der Waals surface area (Å²) in [5, 5.41) is 0. The number of nitrogens with zero attached hydrogens (tertiary/aromatic N) is 2. The quantitative estimate of drug-likeness (QED) is 0.769. The molecule has 0 atom stereocenters. The predicted molar refractivity (Wildman–Crippen MR) is 67.7 cm³/mol. The van der Waals surface area contributed by atoms with E-state index in [1.54, 1.807) is 31.4 Å². The number of pyridine rings is 1. The van der Waals surface area contributed by atoms with Crippen LogP contribution in [0, 0.1) is 0 Å². The largest absolute Gasteiger partial charge is 0.488 e. The molecule has 0 spiro atoms. The van der Waals surface area contributed by atoms with Crippen LogP contribution < -0.4 is 4.74 Å². The molecule has 0 radical (unpaired) electrons. The van der Waals surface area contributed by atoms with Gasteiger partial charge in [0, 0.05) is 25.2 Å². The van der Waals surface area contributed by atoms with E-state index in [4.69, 9.17) is 4.74 Å². The second-order valence-electron chi connectivity index (χ2n) is 4.23. The molecule has 1 aliphatic carbocycles. The Balaban J connectivity index is 2.38. The predicted octanol–water partition coefficient (Wildman–Crippen LogP) is 2.05. The minimum atomic E-state index is -0.0348. The van der Waals surface area contributed by atoms with Gasteiger partial charge >= 0.3 is 0 Å². The van der Waals surface area contributed by atoms with E-state index in [2.05, 4.69) is 4.98 Å². The number of aromatic nitrogens is 1. The highest BCUT2D eigenvalue weighted by molar-refractivity contribution is 7.98. The van der Waals surface area contributed by atoms with Crippen molar-refractivity contribution in [2.75, 3.05) is 20.4 Å². The van der Waals surface area contributed by atoms with Crippen molar-refractivity contribution in [3.63, 3.8) is 0 Å². The van der Waals surface area contributed by atoms with Gasteiger partial charge in [0.05, 0.1) is 17.9 Å². The fourth-order valence-electron chi connectivity index (χ4n) is 1.47. The molecule has 0 unspecified atom stereocenters. The summed E-state index contributed by atoms with van der Waals surface area (Å²) in [6, 6.07) is 0. The van der Waals surface area contributed by atoms with Gasteiger partial charge in [0.2, 0.25) is 0 Å². The van der Waals surface area contributed by atoms with Crippen molar-refractivity contribution in [3.8, 4) is 5.75 Å². The number of amides is 1. The number of rotatable bonds is 4. The van der Waals surface area contributed by atoms with Gasteiger partial charge in [-0.1, -0.05) is 0 Å². The van der Waals surface area contributed by atoms with Gasteiger partial charge in [-0.3, -0.25) is 9.78 Å². The molecule has 2 rings (SSSR count). The molecular formula is C12H16N2O2S. The fraction of sp³-hybridized carbons (Fsp3) is 0.500. The van der Waals surface area contributed by atoms with Gasteiger partial charge < -0.3 is 9.64 Å². The Morgan fingerprint density at radius 3 is 2.71 bits per heavy atom. The number of hydrogen-bond donors (Lipinski definition) is 0. The standard InChI is InChI=1S/C12H16N2O2S/c1-14(2)12(15)11-9(16-8-4-5-8)6-13-7-10(11)17-3/h6-8H,4-5H2,1-3H3. The van der Waals surface area contributed by atoms with Gasteiger partial charge in [-0.05, 0) is 19.1 Å². The van der Waals surface area contributed by atoms with Gasteiger partial charge in [-0.2, -0.15) is 0 Å². The summed E-state index contributed by atoms with van der Waals surface area (Å²) < 4.78 is 5.75. The molecule has 1 amide bonds. The van der Waals surface area contributed by atoms with Gasteiger partial charge in [0.25, 0.3) is 5.91 Å². The van der Waals surface area contributed by atoms with E-state index in [9.17, 15) is 4.79 Å². The van der Waals surface area contributed by atoms with E-state index in [0.717, 1.165) is 17.7 Å². The van der Waals surface area contributed by atoms with Crippen LogP contribution in [-0.2, 0) is 0 Å². The van der Waals surface area contributed by atoms with Crippen molar-refractivity contribution < 1.29 is 9.53 Å². The summed E-state index contributed by atoms with van der Waals surface area (Å²) in [7, 11) is 3.49. The third-order valence-electron chi connectivity index (χ3n) is 2.53. The van der Waals surface area contributed by atoms with E-state index in [1.807, 2.05) is 6.26 Å². The molecule has 1 fully saturated rings. The molecule has 4 nitrogen and oxygen atoms in total. The molecule has 0 aliphatic heterocycles. The molecule has 17 heavy (non-hydrogen) atoms. The third-order valence-corrected chi connectivity index (χ3v) is 3.28. The summed E-state index contributed by atoms with van der Waals surface area (Å²) >= 11 is 1.51. The van der Waals surface area contributed by atoms with Crippen LogP contribution in [0.5, 0.6) is 5.75 Å². The monoisotopic (exact) mass is 252 g/mol. The summed E-state index contributed by atoms with van der Waals surface area (Å²) in [6.07, 6.45) is 7.68. The second kappa shape index (κ2) is 4.96. The Hall–Kier alpha value is -1.23. The molecule has 1 aromatic heterocycles. The number of carbonyl (C=O) groups is 1. The first kappa shape index (κ1) is 12.2. The average Bonchev–Trinajstić information content (AvgIpc) is 3.11. The molecule has 1 saturated carbocycles. The van der Waals surface area contributed by atoms with Gasteiger partial charge in [-0.25, -0.2) is 0 Å². The van der Waals surface area contributed by atoms with Crippen LogP contribution in [0.2, 0.25) is 0 Å². The lowest BCUT2D eigenvalue weighted by Gasteiger charge is -2.16. The number of thioether (sulfide) groups is 1. The maximum atomic E-state index is 12.2. The molecule has 1 heterocycles. The zero-order chi connectivity index (χ0) is 12.4. The molecule has 5 heteroatoms. The van der Waals surface area contributed by atoms with Crippen molar-refractivity contribution in [1.29, 1.82) is 0 Å². The Morgan fingerprint density at radius 2 is 2.18 bits per heavy atom. The van der Waals surface area contributed by atoms with Crippen molar-refractivity contribution in [3.05, 3.63) is 18.0 Å². The maximum Gasteiger partial charge on any atom is 0.258 e. The van der Waals surface area contributed by atoms with Crippen LogP contribution in [0.3, 0.4) is 0 Å². The summed E-state index contributed by atoms with van der Waals surface area (Å²) in [6.45, 7) is 0. The first-order valence-electron chi connectivity index (χ1n) is 5.53. The van der Waals surface area contributed by atoms with E-state index < -0.39 is 0 Å². The van der Waals surface area contributed by atoms with Crippen LogP contribution in [0.15, 0.2) is 17.3 Å². The normalized spacial score (nSPS) is 14.5. The lowest BCUT2D eigenvalue weighted by atomic mass is 10.2. The SMILES string of the molecule is CSc1cncc(OC2CC2)c1C(=O)N(C)C. The van der Waals surface area contributed by atoms with Gasteiger partial charge in [0.1, 0.15) is 0 Å². The highest BCUT2D eigenvalue weighted by Gasteiger charge is 2.27. The zero-order valence-electron chi connectivity index (χ0n) is 10.3. The van der Waals surface area contributed by atoms with Crippen molar-refractivity contribution >= 4 is 17.7 Å². The van der Waals surface area contributed by atoms with E-state index in [-0.39, 0.29) is 12.0 Å². The summed E-state index contributed by atoms with van der Waals surface area (Å²) in [5.41, 5.74) is 0.629. The first-order chi connectivity index (χ1) is 8.13. The zero-order valence-corrected chi connectivity index (χ0v) is 11.1. The third kappa shape index (κ3) is 2.72. The fourth-order valence-corrected chi connectivity index (χ4v) is 2.03. The molecular weight excluding hydrogens is 236 g/mol. The lowest BCUT2D eigenvalue weighted by Crippen LogP contribution is -2.23. The first-order valence-corrected chi connectivity index (χ1v) is 6.76. The Kier molecular flexibility index (Phi) is 3.57. The van der Waals surface area contributed by atoms with Gasteiger partial charge in [-0.15, -0.1) is 11.8 Å². The van der Waals surface area contributed by atoms with Crippen LogP contribution in [-0.4, -0.2) is 42.2 Å². The highest BCUT2D eigenvalue weighted by Crippen LogP contribution is 2.33. The second-order valence-corrected chi connectivity index (χ2v) is 5.08. The number of hydrogen-bond acceptors (Lipinski definition) is 4. The topological polar surface area (TPSA) is 42.4 Å². The maximum absolute atomic E-state index is 12.2. The average molecular weight is 252 g/mol. The minimum absolute atomic E-state index is 0.0348. The Bertz CT molecular complexity index is 431. The van der Waals surface area contributed by atoms with Crippen molar-refractivity contribution in [1.82, 2.24) is 9.88 Å². The Morgan fingerprint density at radius 1 is 1.47 bits per heavy atom. The van der Waals surface area contributed by atoms with Crippen LogP contribution in [0.25, 0.3) is 0 Å². The number of ether oxygens (including phenoxy) is 1. The van der Waals surface area contributed by atoms with Crippen LogP contribution >= 0.6 is 11.8 Å². The van der Waals surface area contributed by atoms with E-state index >= 15 is 0 Å². The summed E-state index contributed by atoms with van der Waals surface area (Å²) in [4.78, 5) is 18.7. The smallest absolute Gasteiger partial charge is 0.258 e. The minimum Gasteiger partial charge on any atom is -0.488 e. The number of carbonyl (C=O) groups excluding carboxylic acids is 1. The molecule has 0 bridgehead atoms. The van der Waals surface area contributed by atoms with Gasteiger partial charge in [0.15, 0.2) is 5.75 Å². The van der Waals surface area contributed by atoms with E-state index in [1.165, 1.54) is 11.8 Å². The molecule has 1 aliphatic rings. The van der Waals surface area contributed by atoms with Crippen molar-refractivity contribution in [2.24, 2.45) is 0 Å². The van der Waals surface area contributed by atoms with Crippen LogP contribution in [0.1, 0.15) is 23.2 Å². The molecule has 0 N–H and O–H groups in total. The highest BCUT2D eigenvalue weighted by atomic mass is 32.2. The van der Waals surface area contributed by atoms with Crippen LogP contribution in [0.4, 0.5) is 0 Å². The van der Waals surface area contributed by atoms with Crippen molar-refractivity contribution in [2.45, 2.75) is 23.8 Å². The Labute approximate surface area is 105 Å². The molecule has 92 valence electrons. The summed E-state index contributed by atoms with van der Waals surface area (Å²) in [5.74, 6) is 0.574. The lowest BCUT2D eigenvalue weighted by molar-refractivity contribution is 0.0819. The molecule has 0 saturated heterocycles. The molecule has 0 aromatic carbocycles. The van der Waals surface area contributed by atoms with E-state index in [0.29, 0.717) is 11.3 Å².